The first-order valence-corrected chi connectivity index (χ1v) is 11.4. The summed E-state index contributed by atoms with van der Waals surface area (Å²) < 4.78 is 19.5. The van der Waals surface area contributed by atoms with E-state index < -0.39 is 5.82 Å². The maximum Gasteiger partial charge on any atom is 0.519 e. The van der Waals surface area contributed by atoms with Crippen molar-refractivity contribution in [3.63, 3.8) is 0 Å². The highest BCUT2D eigenvalue weighted by atomic mass is 16.6. The Morgan fingerprint density at radius 2 is 1.39 bits per heavy atom. The predicted molar refractivity (Wildman–Crippen MR) is 128 cm³/mol. The van der Waals surface area contributed by atoms with Gasteiger partial charge in [-0.3, -0.25) is 14.5 Å². The van der Waals surface area contributed by atoms with Gasteiger partial charge in [0.25, 0.3) is 0 Å². The van der Waals surface area contributed by atoms with Gasteiger partial charge < -0.3 is 18.3 Å². The number of carbonyl (C=O) groups excluding carboxylic acids is 2. The van der Waals surface area contributed by atoms with E-state index in [0.717, 1.165) is 19.6 Å². The van der Waals surface area contributed by atoms with Gasteiger partial charge in [0.15, 0.2) is 18.1 Å². The van der Waals surface area contributed by atoms with Crippen LogP contribution in [0.1, 0.15) is 92.6 Å². The Kier molecular flexibility index (Phi) is 13.3. The smallest absolute Gasteiger partial charge is 0.464 e. The summed E-state index contributed by atoms with van der Waals surface area (Å²) in [5.41, 5.74) is -0.0917. The zero-order chi connectivity index (χ0) is 24.4. The third kappa shape index (κ3) is 15.4. The maximum atomic E-state index is 11.5. The van der Waals surface area contributed by atoms with E-state index in [2.05, 4.69) is 30.1 Å². The minimum absolute atomic E-state index is 0. The van der Waals surface area contributed by atoms with Gasteiger partial charge in [0, 0.05) is 6.54 Å². The molecular formula is C25H45NO7. The number of likely N-dealkylation sites (tertiary alicyclic amines) is 1. The van der Waals surface area contributed by atoms with Crippen LogP contribution in [-0.4, -0.2) is 43.1 Å². The van der Waals surface area contributed by atoms with Crippen LogP contribution in [0.5, 0.6) is 0 Å². The summed E-state index contributed by atoms with van der Waals surface area (Å²) >= 11 is 0. The van der Waals surface area contributed by atoms with Crippen LogP contribution in [0.3, 0.4) is 0 Å². The number of aryl methyl sites for hydroxylation is 1. The van der Waals surface area contributed by atoms with Crippen LogP contribution in [0, 0.1) is 17.8 Å². The summed E-state index contributed by atoms with van der Waals surface area (Å²) in [5.74, 6) is -0.569. The molecule has 1 fully saturated rings. The van der Waals surface area contributed by atoms with Gasteiger partial charge >= 0.3 is 17.8 Å². The number of rotatable bonds is 7. The molecule has 8 heteroatoms. The number of carbonyl (C=O) groups is 2. The lowest BCUT2D eigenvalue weighted by molar-refractivity contribution is -0.148. The van der Waals surface area contributed by atoms with Gasteiger partial charge in [0.2, 0.25) is 0 Å². The Labute approximate surface area is 199 Å². The number of hydrogen-bond donors (Lipinski definition) is 0. The molecule has 0 saturated carbocycles. The predicted octanol–water partition coefficient (Wildman–Crippen LogP) is 5.11. The normalized spacial score (nSPS) is 14.5. The average Bonchev–Trinajstić information content (AvgIpc) is 2.96. The van der Waals surface area contributed by atoms with Gasteiger partial charge in [-0.05, 0) is 43.7 Å². The summed E-state index contributed by atoms with van der Waals surface area (Å²) in [6.45, 7) is 17.3. The molecule has 0 radical (unpaired) electrons. The van der Waals surface area contributed by atoms with Gasteiger partial charge in [-0.15, -0.1) is 0 Å². The fourth-order valence-corrected chi connectivity index (χ4v) is 3.09. The van der Waals surface area contributed by atoms with Gasteiger partial charge in [0.1, 0.15) is 6.61 Å². The molecule has 1 aliphatic rings. The van der Waals surface area contributed by atoms with Crippen LogP contribution in [0.15, 0.2) is 13.6 Å². The molecule has 1 saturated heterocycles. The molecule has 8 nitrogen and oxygen atoms in total. The van der Waals surface area contributed by atoms with E-state index >= 15 is 0 Å². The molecule has 0 bridgehead atoms. The van der Waals surface area contributed by atoms with E-state index in [4.69, 9.17) is 13.9 Å². The third-order valence-corrected chi connectivity index (χ3v) is 4.67. The van der Waals surface area contributed by atoms with Crippen molar-refractivity contribution in [3.8, 4) is 0 Å². The summed E-state index contributed by atoms with van der Waals surface area (Å²) in [7, 11) is 0. The molecule has 2 heterocycles. The molecule has 33 heavy (non-hydrogen) atoms. The van der Waals surface area contributed by atoms with Crippen molar-refractivity contribution in [3.05, 3.63) is 22.1 Å². The average molecular weight is 472 g/mol. The molecule has 0 atom stereocenters. The largest absolute Gasteiger partial charge is 0.519 e. The zero-order valence-corrected chi connectivity index (χ0v) is 20.9. The molecule has 1 aromatic rings. The molecule has 1 aromatic heterocycles. The van der Waals surface area contributed by atoms with E-state index in [0.29, 0.717) is 25.2 Å². The summed E-state index contributed by atoms with van der Waals surface area (Å²) in [5, 5.41) is 0. The molecule has 192 valence electrons. The highest BCUT2D eigenvalue weighted by Gasteiger charge is 2.19. The Hall–Kier alpha value is -2.09. The minimum atomic E-state index is -0.778. The highest BCUT2D eigenvalue weighted by Crippen LogP contribution is 2.20. The number of nitrogens with zero attached hydrogens (tertiary/aromatic N) is 1. The van der Waals surface area contributed by atoms with Crippen molar-refractivity contribution in [1.29, 1.82) is 0 Å². The molecule has 0 N–H and O–H groups in total. The van der Waals surface area contributed by atoms with Crippen LogP contribution in [0.4, 0.5) is 0 Å². The Bertz CT molecular complexity index is 759. The minimum Gasteiger partial charge on any atom is -0.464 e. The summed E-state index contributed by atoms with van der Waals surface area (Å²) in [6, 6.07) is 0. The molecule has 0 aliphatic carbocycles. The van der Waals surface area contributed by atoms with Gasteiger partial charge in [-0.2, -0.15) is 0 Å². The second-order valence-electron chi connectivity index (χ2n) is 10.7. The summed E-state index contributed by atoms with van der Waals surface area (Å²) in [4.78, 5) is 35.9. The van der Waals surface area contributed by atoms with Crippen LogP contribution < -0.4 is 5.82 Å². The first-order chi connectivity index (χ1) is 14.7. The van der Waals surface area contributed by atoms with Crippen LogP contribution >= 0.6 is 0 Å². The van der Waals surface area contributed by atoms with Crippen molar-refractivity contribution in [2.75, 3.05) is 26.2 Å². The van der Waals surface area contributed by atoms with Crippen molar-refractivity contribution in [2.45, 2.75) is 94.6 Å². The fraction of sp³-hybridized carbons (Fsp3) is 0.800. The lowest BCUT2D eigenvalue weighted by Crippen LogP contribution is -2.33. The van der Waals surface area contributed by atoms with Crippen molar-refractivity contribution >= 4 is 11.9 Å². The van der Waals surface area contributed by atoms with Crippen LogP contribution in [0.2, 0.25) is 0 Å². The van der Waals surface area contributed by atoms with E-state index in [-0.39, 0.29) is 42.6 Å². The van der Waals surface area contributed by atoms with E-state index in [1.165, 1.54) is 19.3 Å². The summed E-state index contributed by atoms with van der Waals surface area (Å²) in [6.07, 6.45) is 4.74. The fourth-order valence-electron chi connectivity index (χ4n) is 3.09. The van der Waals surface area contributed by atoms with Crippen molar-refractivity contribution < 1.29 is 27.9 Å². The topological polar surface area (TPSA) is 99.2 Å². The van der Waals surface area contributed by atoms with Gasteiger partial charge in [0.05, 0.1) is 12.8 Å². The SMILES string of the molecule is C.CC(C)(C)CC(=O)OCCN1CCCCC1.Cc1oc(=O)oc1COC(=O)CC(C)(C)C. The molecule has 2 rings (SSSR count). The number of piperidine rings is 1. The van der Waals surface area contributed by atoms with E-state index in [1.807, 2.05) is 20.8 Å². The second kappa shape index (κ2) is 14.2. The van der Waals surface area contributed by atoms with Crippen LogP contribution in [0.25, 0.3) is 0 Å². The highest BCUT2D eigenvalue weighted by molar-refractivity contribution is 5.70. The van der Waals surface area contributed by atoms with Crippen molar-refractivity contribution in [2.24, 2.45) is 10.8 Å². The molecule has 0 spiro atoms. The van der Waals surface area contributed by atoms with Crippen LogP contribution in [-0.2, 0) is 25.7 Å². The molecule has 1 aliphatic heterocycles. The molecule has 0 unspecified atom stereocenters. The molecule has 0 aromatic carbocycles. The quantitative estimate of drug-likeness (QED) is 0.506. The lowest BCUT2D eigenvalue weighted by Gasteiger charge is -2.26. The maximum absolute atomic E-state index is 11.5. The second-order valence-corrected chi connectivity index (χ2v) is 10.7. The molecule has 0 amide bonds. The lowest BCUT2D eigenvalue weighted by atomic mass is 9.92. The number of hydrogen-bond acceptors (Lipinski definition) is 8. The molecular weight excluding hydrogens is 426 g/mol. The Morgan fingerprint density at radius 1 is 0.879 bits per heavy atom. The standard InChI is InChI=1S/C13H25NO2.C11H16O5.CH4/c1-13(2,3)11-12(15)16-10-9-14-7-5-4-6-8-14;1-7-8(16-10(13)15-7)6-14-9(12)5-11(2,3)4;/h4-11H2,1-3H3;5-6H2,1-4H3;1H4. The van der Waals surface area contributed by atoms with E-state index in [9.17, 15) is 14.4 Å². The first kappa shape index (κ1) is 30.9. The van der Waals surface area contributed by atoms with Gasteiger partial charge in [-0.25, -0.2) is 4.79 Å². The third-order valence-electron chi connectivity index (χ3n) is 4.67. The Balaban J connectivity index is 0.000000602. The number of esters is 2. The zero-order valence-electron chi connectivity index (χ0n) is 20.9. The van der Waals surface area contributed by atoms with Crippen molar-refractivity contribution in [1.82, 2.24) is 4.90 Å². The number of ether oxygens (including phenoxy) is 2. The Morgan fingerprint density at radius 3 is 1.85 bits per heavy atom. The monoisotopic (exact) mass is 471 g/mol. The van der Waals surface area contributed by atoms with Gasteiger partial charge in [-0.1, -0.05) is 55.4 Å². The van der Waals surface area contributed by atoms with E-state index in [1.54, 1.807) is 6.92 Å². The first-order valence-electron chi connectivity index (χ1n) is 11.4.